The van der Waals surface area contributed by atoms with Crippen LogP contribution in [-0.4, -0.2) is 22.7 Å². The summed E-state index contributed by atoms with van der Waals surface area (Å²) in [5.74, 6) is -0.589. The van der Waals surface area contributed by atoms with Gasteiger partial charge in [-0.2, -0.15) is 13.2 Å². The van der Waals surface area contributed by atoms with Crippen molar-refractivity contribution in [2.75, 3.05) is 11.9 Å². The first-order chi connectivity index (χ1) is 12.8. The van der Waals surface area contributed by atoms with Crippen LogP contribution in [0.5, 0.6) is 5.75 Å². The van der Waals surface area contributed by atoms with Crippen molar-refractivity contribution in [3.05, 3.63) is 59.8 Å². The molecule has 3 rings (SSSR count). The molecule has 0 atom stereocenters. The maximum absolute atomic E-state index is 13.0. The van der Waals surface area contributed by atoms with Gasteiger partial charge in [0.2, 0.25) is 0 Å². The molecule has 0 fully saturated rings. The van der Waals surface area contributed by atoms with Gasteiger partial charge in [0.05, 0.1) is 23.4 Å². The van der Waals surface area contributed by atoms with Gasteiger partial charge < -0.3 is 15.2 Å². The lowest BCUT2D eigenvalue weighted by Crippen LogP contribution is -2.10. The molecule has 1 aromatic heterocycles. The molecule has 2 N–H and O–H groups in total. The summed E-state index contributed by atoms with van der Waals surface area (Å²) in [6.07, 6.45) is -3.32. The normalized spacial score (nSPS) is 11.4. The summed E-state index contributed by atoms with van der Waals surface area (Å²) in [7, 11) is 0. The van der Waals surface area contributed by atoms with Gasteiger partial charge in [-0.05, 0) is 43.3 Å². The molecule has 0 amide bonds. The molecule has 0 radical (unpaired) electrons. The molecule has 0 aliphatic carbocycles. The highest BCUT2D eigenvalue weighted by Crippen LogP contribution is 2.35. The summed E-state index contributed by atoms with van der Waals surface area (Å²) in [5, 5.41) is 12.7. The minimum atomic E-state index is -4.50. The van der Waals surface area contributed by atoms with Crippen molar-refractivity contribution >= 4 is 28.2 Å². The number of nitrogens with zero attached hydrogens (tertiary/aromatic N) is 1. The van der Waals surface area contributed by atoms with E-state index in [0.717, 1.165) is 12.1 Å². The van der Waals surface area contributed by atoms with Gasteiger partial charge in [0.15, 0.2) is 0 Å². The molecule has 0 aliphatic rings. The minimum Gasteiger partial charge on any atom is -0.508 e. The van der Waals surface area contributed by atoms with Crippen LogP contribution < -0.4 is 5.32 Å². The van der Waals surface area contributed by atoms with Crippen molar-refractivity contribution in [3.8, 4) is 5.75 Å². The Labute approximate surface area is 152 Å². The van der Waals surface area contributed by atoms with Crippen molar-refractivity contribution < 1.29 is 27.8 Å². The van der Waals surface area contributed by atoms with Crippen LogP contribution in [0.1, 0.15) is 22.8 Å². The molecule has 0 aliphatic heterocycles. The van der Waals surface area contributed by atoms with Crippen molar-refractivity contribution in [3.63, 3.8) is 0 Å². The lowest BCUT2D eigenvalue weighted by atomic mass is 10.1. The summed E-state index contributed by atoms with van der Waals surface area (Å²) >= 11 is 0. The van der Waals surface area contributed by atoms with Crippen LogP contribution in [0.3, 0.4) is 0 Å². The van der Waals surface area contributed by atoms with E-state index in [1.54, 1.807) is 19.1 Å². The number of carbonyl (C=O) groups is 1. The number of phenolic OH excluding ortho intramolecular Hbond substituents is 1. The second-order valence-electron chi connectivity index (χ2n) is 5.67. The lowest BCUT2D eigenvalue weighted by molar-refractivity contribution is -0.137. The smallest absolute Gasteiger partial charge is 0.416 e. The number of rotatable bonds is 4. The highest BCUT2D eigenvalue weighted by Gasteiger charge is 2.31. The van der Waals surface area contributed by atoms with Gasteiger partial charge in [0, 0.05) is 17.3 Å². The van der Waals surface area contributed by atoms with Crippen LogP contribution in [0.15, 0.2) is 48.7 Å². The van der Waals surface area contributed by atoms with Crippen LogP contribution in [0.2, 0.25) is 0 Å². The highest BCUT2D eigenvalue weighted by atomic mass is 19.4. The van der Waals surface area contributed by atoms with E-state index >= 15 is 0 Å². The Bertz CT molecular complexity index is 986. The van der Waals surface area contributed by atoms with Crippen LogP contribution in [0.4, 0.5) is 24.5 Å². The predicted molar refractivity (Wildman–Crippen MR) is 94.1 cm³/mol. The predicted octanol–water partition coefficient (Wildman–Crippen LogP) is 4.88. The molecule has 0 bridgehead atoms. The molecule has 3 aromatic rings. The Morgan fingerprint density at radius 3 is 2.52 bits per heavy atom. The molecule has 0 saturated heterocycles. The number of halogens is 3. The number of aromatic nitrogens is 1. The standard InChI is InChI=1S/C19H15F3N2O3/c1-2-27-18(26)15-10-23-16-9-11(19(20,21)22)3-8-14(16)17(15)24-12-4-6-13(25)7-5-12/h3-10,25H,2H2,1H3,(H,23,24). The number of aromatic hydroxyl groups is 1. The first-order valence-electron chi connectivity index (χ1n) is 8.02. The topological polar surface area (TPSA) is 71.5 Å². The van der Waals surface area contributed by atoms with E-state index in [0.29, 0.717) is 11.1 Å². The van der Waals surface area contributed by atoms with Gasteiger partial charge in [-0.1, -0.05) is 6.07 Å². The molecule has 1 heterocycles. The fraction of sp³-hybridized carbons (Fsp3) is 0.158. The molecule has 0 saturated carbocycles. The van der Waals surface area contributed by atoms with Gasteiger partial charge >= 0.3 is 12.1 Å². The quantitative estimate of drug-likeness (QED) is 0.502. The maximum atomic E-state index is 13.0. The van der Waals surface area contributed by atoms with E-state index < -0.39 is 17.7 Å². The highest BCUT2D eigenvalue weighted by molar-refractivity contribution is 6.06. The maximum Gasteiger partial charge on any atom is 0.416 e. The minimum absolute atomic E-state index is 0.0561. The zero-order valence-electron chi connectivity index (χ0n) is 14.2. The third-order valence-electron chi connectivity index (χ3n) is 3.83. The van der Waals surface area contributed by atoms with E-state index in [1.807, 2.05) is 0 Å². The van der Waals surface area contributed by atoms with Crippen molar-refractivity contribution in [2.45, 2.75) is 13.1 Å². The third-order valence-corrected chi connectivity index (χ3v) is 3.83. The number of esters is 1. The van der Waals surface area contributed by atoms with Crippen LogP contribution in [0, 0.1) is 0 Å². The molecule has 8 heteroatoms. The fourth-order valence-electron chi connectivity index (χ4n) is 2.56. The first-order valence-corrected chi connectivity index (χ1v) is 8.02. The van der Waals surface area contributed by atoms with E-state index in [2.05, 4.69) is 10.3 Å². The van der Waals surface area contributed by atoms with Crippen molar-refractivity contribution in [1.29, 1.82) is 0 Å². The van der Waals surface area contributed by atoms with E-state index in [-0.39, 0.29) is 29.1 Å². The Morgan fingerprint density at radius 1 is 1.19 bits per heavy atom. The van der Waals surface area contributed by atoms with Gasteiger partial charge in [0.25, 0.3) is 0 Å². The third kappa shape index (κ3) is 3.94. The Balaban J connectivity index is 2.16. The number of phenols is 1. The van der Waals surface area contributed by atoms with E-state index in [1.165, 1.54) is 24.4 Å². The number of hydrogen-bond donors (Lipinski definition) is 2. The number of carbonyl (C=O) groups excluding carboxylic acids is 1. The molecular formula is C19H15F3N2O3. The molecule has 140 valence electrons. The second kappa shape index (κ2) is 7.14. The molecule has 0 spiro atoms. The summed E-state index contributed by atoms with van der Waals surface area (Å²) < 4.78 is 43.9. The molecule has 2 aromatic carbocycles. The monoisotopic (exact) mass is 376 g/mol. The van der Waals surface area contributed by atoms with E-state index in [4.69, 9.17) is 4.74 Å². The summed E-state index contributed by atoms with van der Waals surface area (Å²) in [6.45, 7) is 1.79. The zero-order chi connectivity index (χ0) is 19.6. The van der Waals surface area contributed by atoms with Crippen molar-refractivity contribution in [1.82, 2.24) is 4.98 Å². The number of nitrogens with one attached hydrogen (secondary N) is 1. The fourth-order valence-corrected chi connectivity index (χ4v) is 2.56. The summed E-state index contributed by atoms with van der Waals surface area (Å²) in [4.78, 5) is 16.3. The number of anilines is 2. The number of ether oxygens (including phenoxy) is 1. The molecule has 0 unspecified atom stereocenters. The van der Waals surface area contributed by atoms with Gasteiger partial charge in [-0.25, -0.2) is 4.79 Å². The number of benzene rings is 2. The van der Waals surface area contributed by atoms with Crippen LogP contribution in [0.25, 0.3) is 10.9 Å². The average molecular weight is 376 g/mol. The number of pyridine rings is 1. The first kappa shape index (κ1) is 18.5. The Hall–Kier alpha value is -3.29. The summed E-state index contributed by atoms with van der Waals surface area (Å²) in [6, 6.07) is 9.14. The van der Waals surface area contributed by atoms with Gasteiger partial charge in [-0.15, -0.1) is 0 Å². The average Bonchev–Trinajstić information content (AvgIpc) is 2.62. The van der Waals surface area contributed by atoms with Crippen molar-refractivity contribution in [2.24, 2.45) is 0 Å². The second-order valence-corrected chi connectivity index (χ2v) is 5.67. The van der Waals surface area contributed by atoms with Gasteiger partial charge in [-0.3, -0.25) is 4.98 Å². The van der Waals surface area contributed by atoms with Crippen LogP contribution in [-0.2, 0) is 10.9 Å². The molecule has 5 nitrogen and oxygen atoms in total. The Kier molecular flexibility index (Phi) is 4.89. The van der Waals surface area contributed by atoms with Crippen LogP contribution >= 0.6 is 0 Å². The number of fused-ring (bicyclic) bond motifs is 1. The number of alkyl halides is 3. The summed E-state index contributed by atoms with van der Waals surface area (Å²) in [5.41, 5.74) is 0.155. The molecular weight excluding hydrogens is 361 g/mol. The van der Waals surface area contributed by atoms with E-state index in [9.17, 15) is 23.1 Å². The Morgan fingerprint density at radius 2 is 1.89 bits per heavy atom. The van der Waals surface area contributed by atoms with Gasteiger partial charge in [0.1, 0.15) is 11.3 Å². The molecule has 27 heavy (non-hydrogen) atoms. The SMILES string of the molecule is CCOC(=O)c1cnc2cc(C(F)(F)F)ccc2c1Nc1ccc(O)cc1. The number of hydrogen-bond acceptors (Lipinski definition) is 5. The zero-order valence-corrected chi connectivity index (χ0v) is 14.2. The largest absolute Gasteiger partial charge is 0.508 e. The lowest BCUT2D eigenvalue weighted by Gasteiger charge is -2.15.